The van der Waals surface area contributed by atoms with Crippen LogP contribution in [0.5, 0.6) is 0 Å². The van der Waals surface area contributed by atoms with Crippen molar-refractivity contribution in [3.05, 3.63) is 46.0 Å². The zero-order valence-electron chi connectivity index (χ0n) is 5.96. The molecule has 0 saturated heterocycles. The molecule has 0 atom stereocenters. The van der Waals surface area contributed by atoms with Crippen LogP contribution in [-0.4, -0.2) is 18.4 Å². The van der Waals surface area contributed by atoms with Crippen LogP contribution in [0.1, 0.15) is 0 Å². The Balaban J connectivity index is -0.0000000492. The molecule has 0 fully saturated rings. The van der Waals surface area contributed by atoms with Crippen molar-refractivity contribution in [1.82, 2.24) is 0 Å². The molecule has 0 rings (SSSR count). The van der Waals surface area contributed by atoms with Gasteiger partial charge in [0.2, 0.25) is 0 Å². The monoisotopic (exact) mass is 293 g/mol. The molecule has 0 aliphatic heterocycles. The van der Waals surface area contributed by atoms with E-state index in [4.69, 9.17) is 49.1 Å². The van der Waals surface area contributed by atoms with E-state index in [-0.39, 0.29) is 0 Å². The van der Waals surface area contributed by atoms with Crippen molar-refractivity contribution in [2.75, 3.05) is 0 Å². The first-order chi connectivity index (χ1) is 6.20. The number of rotatable bonds is 0. The summed E-state index contributed by atoms with van der Waals surface area (Å²) in [4.78, 5) is 24.8. The topological polar surface area (TPSA) is 219 Å². The first-order valence-corrected chi connectivity index (χ1v) is 2.97. The normalized spacial score (nSPS) is 5.64. The van der Waals surface area contributed by atoms with Crippen LogP contribution >= 0.6 is 0 Å². The molecule has 1 N–H and O–H groups in total. The zero-order chi connectivity index (χ0) is 12.7. The fourth-order valence-electron chi connectivity index (χ4n) is 0. The summed E-state index contributed by atoms with van der Waals surface area (Å²) in [6.07, 6.45) is 0. The molecule has 14 heteroatoms. The fourth-order valence-corrected chi connectivity index (χ4v) is 0. The Morgan fingerprint density at radius 1 is 0.643 bits per heavy atom. The Bertz CT molecular complexity index is 113. The summed E-state index contributed by atoms with van der Waals surface area (Å²) in [7, 11) is 0. The Hall–Kier alpha value is -1.56. The molecule has 0 aliphatic rings. The van der Waals surface area contributed by atoms with Gasteiger partial charge in [-0.25, -0.2) is 0 Å². The summed E-state index contributed by atoms with van der Waals surface area (Å²) in [6, 6.07) is 0. The second-order valence-electron chi connectivity index (χ2n) is 0.671. The Morgan fingerprint density at radius 2 is 0.643 bits per heavy atom. The van der Waals surface area contributed by atoms with Crippen molar-refractivity contribution < 1.29 is 43.6 Å². The van der Waals surface area contributed by atoms with Gasteiger partial charge in [-0.1, -0.05) is 0 Å². The van der Waals surface area contributed by atoms with Crippen molar-refractivity contribution in [1.29, 1.82) is 0 Å². The average Bonchev–Trinajstić information content (AvgIpc) is 1.86. The van der Waals surface area contributed by atoms with E-state index in [0.29, 0.717) is 25.2 Å². The molecule has 13 nitrogen and oxygen atoms in total. The summed E-state index contributed by atoms with van der Waals surface area (Å²) >= 11 is 0.550. The summed E-state index contributed by atoms with van der Waals surface area (Å²) in [6.45, 7) is 0. The molecular weight excluding hydrogens is 293 g/mol. The molecule has 0 radical (unpaired) electrons. The minimum absolute atomic E-state index is 0.550. The van der Waals surface area contributed by atoms with Gasteiger partial charge in [0.1, 0.15) is 0 Å². The van der Waals surface area contributed by atoms with Crippen molar-refractivity contribution in [3.8, 4) is 0 Å². The molecule has 0 spiro atoms. The first kappa shape index (κ1) is 22.9. The van der Waals surface area contributed by atoms with E-state index in [1.165, 1.54) is 0 Å². The molecule has 0 aromatic heterocycles. The Morgan fingerprint density at radius 3 is 0.643 bits per heavy atom. The Labute approximate surface area is 90.0 Å². The van der Waals surface area contributed by atoms with E-state index in [1.807, 2.05) is 0 Å². The van der Waals surface area contributed by atoms with E-state index in [1.54, 1.807) is 0 Å². The van der Waals surface area contributed by atoms with Crippen LogP contribution in [0.25, 0.3) is 0 Å². The van der Waals surface area contributed by atoms with Gasteiger partial charge >= 0.3 is 28.3 Å². The SMILES string of the molecule is O=[N+]([O-])[O-].O=[N+]([O-])[O-].O=[N+]([O-])[O-].[OH][Zr+3]. The molecule has 0 saturated carbocycles. The molecule has 0 bridgehead atoms. The van der Waals surface area contributed by atoms with E-state index in [9.17, 15) is 0 Å². The van der Waals surface area contributed by atoms with Crippen LogP contribution in [0.2, 0.25) is 0 Å². The number of hydrogen-bond donors (Lipinski definition) is 1. The molecule has 0 unspecified atom stereocenters. The van der Waals surface area contributed by atoms with Gasteiger partial charge in [0.15, 0.2) is 0 Å². The second-order valence-corrected chi connectivity index (χ2v) is 0.671. The van der Waals surface area contributed by atoms with Gasteiger partial charge in [-0.2, -0.15) is 0 Å². The molecule has 0 heterocycles. The van der Waals surface area contributed by atoms with Crippen molar-refractivity contribution >= 4 is 0 Å². The van der Waals surface area contributed by atoms with Gasteiger partial charge in [-0.15, -0.1) is 0 Å². The number of hydrogen-bond acceptors (Lipinski definition) is 10. The van der Waals surface area contributed by atoms with Gasteiger partial charge < -0.3 is 46.0 Å². The molecule has 0 aromatic carbocycles. The van der Waals surface area contributed by atoms with Crippen LogP contribution in [-0.2, 0) is 25.2 Å². The van der Waals surface area contributed by atoms with Crippen LogP contribution in [0.3, 0.4) is 0 Å². The van der Waals surface area contributed by atoms with Crippen molar-refractivity contribution in [3.63, 3.8) is 0 Å². The van der Waals surface area contributed by atoms with Gasteiger partial charge in [-0.3, -0.25) is 0 Å². The molecule has 0 amide bonds. The number of nitrogens with zero attached hydrogens (tertiary/aromatic N) is 3. The molecule has 0 aromatic rings. The summed E-state index contributed by atoms with van der Waals surface area (Å²) in [5.74, 6) is 0. The zero-order valence-corrected chi connectivity index (χ0v) is 8.42. The maximum absolute atomic E-state index is 8.25. The third-order valence-electron chi connectivity index (χ3n) is 0. The van der Waals surface area contributed by atoms with Crippen molar-refractivity contribution in [2.24, 2.45) is 0 Å². The average molecular weight is 294 g/mol. The predicted molar refractivity (Wildman–Crippen MR) is 33.3 cm³/mol. The van der Waals surface area contributed by atoms with Gasteiger partial charge in [0.05, 0.1) is 15.3 Å². The molecular formula is HN3O10Zr. The molecule has 80 valence electrons. The van der Waals surface area contributed by atoms with Gasteiger partial charge in [0, 0.05) is 0 Å². The van der Waals surface area contributed by atoms with E-state index >= 15 is 0 Å². The summed E-state index contributed by atoms with van der Waals surface area (Å²) in [5, 5.41) is 44.2. The fraction of sp³-hybridized carbons (Fsp3) is 0. The third-order valence-corrected chi connectivity index (χ3v) is 0. The predicted octanol–water partition coefficient (Wildman–Crippen LogP) is -1.28. The quantitative estimate of drug-likeness (QED) is 0.411. The van der Waals surface area contributed by atoms with Crippen LogP contribution < -0.4 is 0 Å². The first-order valence-electron chi connectivity index (χ1n) is 1.87. The van der Waals surface area contributed by atoms with E-state index < -0.39 is 15.3 Å². The standard InChI is InChI=1S/3NO3.H2O.Zr/c3*2-1(3)4;;/h;;;1H2;/q3*-1;;+4/p-1. The summed E-state index contributed by atoms with van der Waals surface area (Å²) < 4.78 is 7.09. The van der Waals surface area contributed by atoms with Gasteiger partial charge in [0.25, 0.3) is 0 Å². The molecule has 0 aliphatic carbocycles. The van der Waals surface area contributed by atoms with Crippen LogP contribution in [0.15, 0.2) is 0 Å². The Kier molecular flexibility index (Phi) is 36.8. The minimum atomic E-state index is -1.75. The van der Waals surface area contributed by atoms with Crippen LogP contribution in [0, 0.1) is 46.0 Å². The maximum atomic E-state index is 8.25. The molecule has 14 heavy (non-hydrogen) atoms. The van der Waals surface area contributed by atoms with E-state index in [0.717, 1.165) is 0 Å². The van der Waals surface area contributed by atoms with E-state index in [2.05, 4.69) is 0 Å². The van der Waals surface area contributed by atoms with Gasteiger partial charge in [-0.05, 0) is 0 Å². The van der Waals surface area contributed by atoms with Crippen LogP contribution in [0.4, 0.5) is 0 Å². The summed E-state index contributed by atoms with van der Waals surface area (Å²) in [5.41, 5.74) is 0. The second kappa shape index (κ2) is 22.5. The third kappa shape index (κ3) is 384. The van der Waals surface area contributed by atoms with Crippen molar-refractivity contribution in [2.45, 2.75) is 0 Å².